The van der Waals surface area contributed by atoms with Crippen LogP contribution in [0.1, 0.15) is 5.56 Å². The lowest BCUT2D eigenvalue weighted by Gasteiger charge is -2.16. The van der Waals surface area contributed by atoms with E-state index in [0.29, 0.717) is 5.75 Å². The third-order valence-electron chi connectivity index (χ3n) is 2.24. The van der Waals surface area contributed by atoms with Crippen molar-refractivity contribution in [1.29, 1.82) is 0 Å². The lowest BCUT2D eigenvalue weighted by atomic mass is 10.2. The summed E-state index contributed by atoms with van der Waals surface area (Å²) < 4.78 is 5.21. The van der Waals surface area contributed by atoms with E-state index in [1.54, 1.807) is 14.1 Å². The molecule has 5 heteroatoms. The van der Waals surface area contributed by atoms with Crippen LogP contribution in [0.3, 0.4) is 0 Å². The molecule has 1 aromatic rings. The van der Waals surface area contributed by atoms with E-state index in [2.05, 4.69) is 0 Å². The topological polar surface area (TPSA) is 32.8 Å². The van der Waals surface area contributed by atoms with Gasteiger partial charge in [0.25, 0.3) is 0 Å². The normalized spacial score (nSPS) is 9.24. The van der Waals surface area contributed by atoms with Gasteiger partial charge in [-0.25, -0.2) is 4.79 Å². The van der Waals surface area contributed by atoms with E-state index < -0.39 is 0 Å². The first kappa shape index (κ1) is 15.6. The minimum absolute atomic E-state index is 0. The minimum Gasteiger partial charge on any atom is -0.410 e. The van der Waals surface area contributed by atoms with E-state index in [-0.39, 0.29) is 18.5 Å². The molecule has 0 bridgehead atoms. The number of carbonyl (C=O) groups excluding carboxylic acids is 1. The Hall–Kier alpha value is -1.42. The third kappa shape index (κ3) is 4.15. The van der Waals surface area contributed by atoms with Crippen molar-refractivity contribution in [2.75, 3.05) is 33.1 Å². The molecule has 0 saturated carbocycles. The van der Waals surface area contributed by atoms with Crippen LogP contribution >= 0.6 is 12.4 Å². The predicted molar refractivity (Wildman–Crippen MR) is 72.5 cm³/mol. The second-order valence-electron chi connectivity index (χ2n) is 4.11. The molecule has 0 heterocycles. The molecule has 1 rings (SSSR count). The molecule has 0 radical (unpaired) electrons. The molecule has 0 atom stereocenters. The number of anilines is 1. The zero-order valence-electron chi connectivity index (χ0n) is 10.9. The van der Waals surface area contributed by atoms with Crippen LogP contribution in [-0.4, -0.2) is 39.2 Å². The van der Waals surface area contributed by atoms with Crippen molar-refractivity contribution in [3.63, 3.8) is 0 Å². The van der Waals surface area contributed by atoms with Gasteiger partial charge in [-0.15, -0.1) is 12.4 Å². The van der Waals surface area contributed by atoms with Crippen LogP contribution in [0.15, 0.2) is 18.2 Å². The van der Waals surface area contributed by atoms with Crippen molar-refractivity contribution in [2.45, 2.75) is 6.92 Å². The summed E-state index contributed by atoms with van der Waals surface area (Å²) >= 11 is 0. The molecule has 0 unspecified atom stereocenters. The van der Waals surface area contributed by atoms with Crippen molar-refractivity contribution in [2.24, 2.45) is 0 Å². The Morgan fingerprint density at radius 3 is 2.18 bits per heavy atom. The van der Waals surface area contributed by atoms with Crippen LogP contribution in [0, 0.1) is 6.92 Å². The highest BCUT2D eigenvalue weighted by Gasteiger charge is 2.09. The highest BCUT2D eigenvalue weighted by molar-refractivity contribution is 5.85. The molecule has 0 N–H and O–H groups in total. The van der Waals surface area contributed by atoms with Gasteiger partial charge >= 0.3 is 6.09 Å². The largest absolute Gasteiger partial charge is 0.414 e. The van der Waals surface area contributed by atoms with Crippen molar-refractivity contribution >= 4 is 24.2 Å². The smallest absolute Gasteiger partial charge is 0.410 e. The maximum atomic E-state index is 11.4. The minimum atomic E-state index is -0.360. The Kier molecular flexibility index (Phi) is 5.82. The molecular weight excluding hydrogens is 240 g/mol. The summed E-state index contributed by atoms with van der Waals surface area (Å²) in [7, 11) is 7.26. The van der Waals surface area contributed by atoms with Gasteiger partial charge in [0.05, 0.1) is 0 Å². The summed E-state index contributed by atoms with van der Waals surface area (Å²) in [6.07, 6.45) is -0.360. The van der Waals surface area contributed by atoms with E-state index in [1.807, 2.05) is 44.1 Å². The monoisotopic (exact) mass is 258 g/mol. The van der Waals surface area contributed by atoms with Gasteiger partial charge in [-0.05, 0) is 30.7 Å². The molecule has 0 saturated heterocycles. The summed E-state index contributed by atoms with van der Waals surface area (Å²) in [6, 6.07) is 5.72. The summed E-state index contributed by atoms with van der Waals surface area (Å²) in [5.41, 5.74) is 2.03. The van der Waals surface area contributed by atoms with E-state index >= 15 is 0 Å². The number of amides is 1. The van der Waals surface area contributed by atoms with Gasteiger partial charge in [0.15, 0.2) is 0 Å². The fraction of sp³-hybridized carbons (Fsp3) is 0.417. The molecular formula is C12H19ClN2O2. The summed E-state index contributed by atoms with van der Waals surface area (Å²) in [5.74, 6) is 0.601. The number of benzene rings is 1. The molecule has 1 aromatic carbocycles. The van der Waals surface area contributed by atoms with Crippen LogP contribution in [0.25, 0.3) is 0 Å². The first-order valence-electron chi connectivity index (χ1n) is 5.09. The van der Waals surface area contributed by atoms with Crippen molar-refractivity contribution < 1.29 is 9.53 Å². The van der Waals surface area contributed by atoms with Gasteiger partial charge in [-0.2, -0.15) is 0 Å². The fourth-order valence-corrected chi connectivity index (χ4v) is 1.21. The fourth-order valence-electron chi connectivity index (χ4n) is 1.21. The number of aryl methyl sites for hydroxylation is 1. The molecule has 0 aliphatic carbocycles. The quantitative estimate of drug-likeness (QED) is 0.817. The zero-order valence-corrected chi connectivity index (χ0v) is 11.7. The Labute approximate surface area is 109 Å². The Balaban J connectivity index is 0.00000256. The zero-order chi connectivity index (χ0) is 12.3. The summed E-state index contributed by atoms with van der Waals surface area (Å²) in [6.45, 7) is 1.92. The van der Waals surface area contributed by atoms with Gasteiger partial charge in [-0.1, -0.05) is 0 Å². The first-order valence-corrected chi connectivity index (χ1v) is 5.09. The molecule has 0 spiro atoms. The highest BCUT2D eigenvalue weighted by Crippen LogP contribution is 2.23. The highest BCUT2D eigenvalue weighted by atomic mass is 35.5. The predicted octanol–water partition coefficient (Wildman–Crippen LogP) is 2.54. The number of nitrogens with zero attached hydrogens (tertiary/aromatic N) is 2. The van der Waals surface area contributed by atoms with Gasteiger partial charge in [0.2, 0.25) is 0 Å². The molecule has 0 aliphatic rings. The van der Waals surface area contributed by atoms with Gasteiger partial charge < -0.3 is 14.5 Å². The van der Waals surface area contributed by atoms with Crippen molar-refractivity contribution in [3.8, 4) is 5.75 Å². The van der Waals surface area contributed by atoms with E-state index in [1.165, 1.54) is 4.90 Å². The molecule has 17 heavy (non-hydrogen) atoms. The number of hydrogen-bond acceptors (Lipinski definition) is 3. The van der Waals surface area contributed by atoms with Crippen LogP contribution in [0.4, 0.5) is 10.5 Å². The number of carbonyl (C=O) groups is 1. The molecule has 0 aromatic heterocycles. The molecule has 1 amide bonds. The van der Waals surface area contributed by atoms with Crippen molar-refractivity contribution in [1.82, 2.24) is 4.90 Å². The number of hydrogen-bond donors (Lipinski definition) is 0. The second kappa shape index (κ2) is 6.35. The molecule has 96 valence electrons. The Morgan fingerprint density at radius 1 is 1.18 bits per heavy atom. The number of ether oxygens (including phenoxy) is 1. The maximum absolute atomic E-state index is 11.4. The van der Waals surface area contributed by atoms with Gasteiger partial charge in [0, 0.05) is 33.9 Å². The van der Waals surface area contributed by atoms with Crippen LogP contribution in [0.5, 0.6) is 5.75 Å². The van der Waals surface area contributed by atoms with E-state index in [4.69, 9.17) is 4.74 Å². The first-order chi connectivity index (χ1) is 7.41. The summed E-state index contributed by atoms with van der Waals surface area (Å²) in [4.78, 5) is 14.8. The second-order valence-corrected chi connectivity index (χ2v) is 4.11. The van der Waals surface area contributed by atoms with Gasteiger partial charge in [-0.3, -0.25) is 0 Å². The van der Waals surface area contributed by atoms with Crippen LogP contribution < -0.4 is 9.64 Å². The number of halogens is 1. The summed E-state index contributed by atoms with van der Waals surface area (Å²) in [5, 5.41) is 0. The SMILES string of the molecule is Cc1cc(N(C)C)ccc1OC(=O)N(C)C.Cl. The van der Waals surface area contributed by atoms with Crippen molar-refractivity contribution in [3.05, 3.63) is 23.8 Å². The van der Waals surface area contributed by atoms with Crippen LogP contribution in [-0.2, 0) is 0 Å². The lowest BCUT2D eigenvalue weighted by Crippen LogP contribution is -2.25. The molecule has 0 aliphatic heterocycles. The Morgan fingerprint density at radius 2 is 1.76 bits per heavy atom. The Bertz CT molecular complexity index is 392. The molecule has 4 nitrogen and oxygen atoms in total. The maximum Gasteiger partial charge on any atom is 0.414 e. The lowest BCUT2D eigenvalue weighted by molar-refractivity contribution is 0.171. The van der Waals surface area contributed by atoms with E-state index in [0.717, 1.165) is 11.3 Å². The van der Waals surface area contributed by atoms with Gasteiger partial charge in [0.1, 0.15) is 5.75 Å². The standard InChI is InChI=1S/C12H18N2O2.ClH/c1-9-8-10(13(2)3)6-7-11(9)16-12(15)14(4)5;/h6-8H,1-5H3;1H. The van der Waals surface area contributed by atoms with Crippen LogP contribution in [0.2, 0.25) is 0 Å². The number of rotatable bonds is 2. The average Bonchev–Trinajstić information content (AvgIpc) is 2.20. The van der Waals surface area contributed by atoms with E-state index in [9.17, 15) is 4.79 Å². The molecule has 0 fully saturated rings. The third-order valence-corrected chi connectivity index (χ3v) is 2.24. The average molecular weight is 259 g/mol.